The van der Waals surface area contributed by atoms with E-state index in [1.807, 2.05) is 22.8 Å². The fourth-order valence-corrected chi connectivity index (χ4v) is 4.80. The summed E-state index contributed by atoms with van der Waals surface area (Å²) in [7, 11) is 1.66. The summed E-state index contributed by atoms with van der Waals surface area (Å²) in [6.07, 6.45) is 2.42. The van der Waals surface area contributed by atoms with Gasteiger partial charge in [-0.2, -0.15) is 0 Å². The van der Waals surface area contributed by atoms with Gasteiger partial charge in [0.2, 0.25) is 0 Å². The number of nitrogens with zero attached hydrogens (tertiary/aromatic N) is 4. The molecule has 7 nitrogen and oxygen atoms in total. The number of aryl methyl sites for hydroxylation is 1. The van der Waals surface area contributed by atoms with Crippen LogP contribution in [0.5, 0.6) is 0 Å². The molecule has 0 saturated carbocycles. The van der Waals surface area contributed by atoms with Crippen LogP contribution < -0.4 is 11.2 Å². The maximum atomic E-state index is 12.8. The molecule has 2 aromatic carbocycles. The van der Waals surface area contributed by atoms with Crippen LogP contribution in [0.1, 0.15) is 31.2 Å². The molecule has 2 aromatic heterocycles. The molecule has 1 atom stereocenters. The first-order valence-corrected chi connectivity index (χ1v) is 10.9. The van der Waals surface area contributed by atoms with E-state index in [-0.39, 0.29) is 5.56 Å². The first kappa shape index (κ1) is 19.8. The second-order valence-corrected chi connectivity index (χ2v) is 8.73. The Balaban J connectivity index is 1.66. The third-order valence-electron chi connectivity index (χ3n) is 6.40. The number of H-pyrrole nitrogens is 1. The second-order valence-electron chi connectivity index (χ2n) is 8.73. The van der Waals surface area contributed by atoms with Crippen LogP contribution in [0.2, 0.25) is 0 Å². The number of imidazole rings is 1. The third-order valence-corrected chi connectivity index (χ3v) is 6.40. The van der Waals surface area contributed by atoms with Gasteiger partial charge in [-0.05, 0) is 41.6 Å². The fraction of sp³-hybridized carbons (Fsp3) is 0.375. The maximum absolute atomic E-state index is 12.8. The minimum Gasteiger partial charge on any atom is -0.317 e. The van der Waals surface area contributed by atoms with Crippen LogP contribution in [0.4, 0.5) is 0 Å². The standard InChI is InChI=1S/C24H27N5O2/c1-16-7-6-12-28(13-16)15-20-25-22-21(23(30)26-24(31)27(22)2)29(20)14-18-10-5-9-17-8-3-4-11-19(17)18/h3-5,8-11,16H,6-7,12-15H2,1-2H3,(H,26,30,31)/t16-/m0/s1. The van der Waals surface area contributed by atoms with Gasteiger partial charge in [0.25, 0.3) is 5.56 Å². The number of aromatic amines is 1. The number of benzene rings is 2. The van der Waals surface area contributed by atoms with E-state index in [2.05, 4.69) is 41.1 Å². The summed E-state index contributed by atoms with van der Waals surface area (Å²) >= 11 is 0. The van der Waals surface area contributed by atoms with Crippen molar-refractivity contribution in [2.75, 3.05) is 13.1 Å². The molecule has 1 aliphatic rings. The minimum atomic E-state index is -0.439. The highest BCUT2D eigenvalue weighted by atomic mass is 16.2. The predicted molar refractivity (Wildman–Crippen MR) is 122 cm³/mol. The highest BCUT2D eigenvalue weighted by molar-refractivity contribution is 5.85. The van der Waals surface area contributed by atoms with Gasteiger partial charge >= 0.3 is 5.69 Å². The molecule has 1 N–H and O–H groups in total. The fourth-order valence-electron chi connectivity index (χ4n) is 4.80. The molecule has 0 bridgehead atoms. The maximum Gasteiger partial charge on any atom is 0.329 e. The predicted octanol–water partition coefficient (Wildman–Crippen LogP) is 2.86. The molecule has 160 valence electrons. The molecular formula is C24H27N5O2. The monoisotopic (exact) mass is 417 g/mol. The van der Waals surface area contributed by atoms with Crippen molar-refractivity contribution in [3.05, 3.63) is 74.7 Å². The quantitative estimate of drug-likeness (QED) is 0.554. The smallest absolute Gasteiger partial charge is 0.317 e. The van der Waals surface area contributed by atoms with Gasteiger partial charge in [0, 0.05) is 13.6 Å². The van der Waals surface area contributed by atoms with Crippen LogP contribution in [0.15, 0.2) is 52.1 Å². The topological polar surface area (TPSA) is 75.9 Å². The van der Waals surface area contributed by atoms with Gasteiger partial charge in [0.05, 0.1) is 13.1 Å². The van der Waals surface area contributed by atoms with E-state index in [9.17, 15) is 9.59 Å². The van der Waals surface area contributed by atoms with Crippen molar-refractivity contribution in [2.45, 2.75) is 32.9 Å². The third kappa shape index (κ3) is 3.59. The molecule has 0 spiro atoms. The van der Waals surface area contributed by atoms with Crippen molar-refractivity contribution in [1.82, 2.24) is 24.0 Å². The molecule has 0 amide bonds. The lowest BCUT2D eigenvalue weighted by Gasteiger charge is -2.30. The van der Waals surface area contributed by atoms with Crippen molar-refractivity contribution in [2.24, 2.45) is 13.0 Å². The number of likely N-dealkylation sites (tertiary alicyclic amines) is 1. The summed E-state index contributed by atoms with van der Waals surface area (Å²) in [5, 5.41) is 2.32. The van der Waals surface area contributed by atoms with E-state index in [1.54, 1.807) is 7.05 Å². The number of rotatable bonds is 4. The van der Waals surface area contributed by atoms with E-state index in [4.69, 9.17) is 4.98 Å². The molecule has 5 rings (SSSR count). The molecule has 1 fully saturated rings. The number of piperidine rings is 1. The summed E-state index contributed by atoms with van der Waals surface area (Å²) in [4.78, 5) is 34.7. The van der Waals surface area contributed by atoms with Crippen molar-refractivity contribution >= 4 is 21.9 Å². The zero-order chi connectivity index (χ0) is 21.5. The van der Waals surface area contributed by atoms with Gasteiger partial charge in [-0.15, -0.1) is 0 Å². The van der Waals surface area contributed by atoms with Gasteiger partial charge in [0.1, 0.15) is 5.82 Å². The zero-order valence-corrected chi connectivity index (χ0v) is 18.0. The molecule has 3 heterocycles. The molecule has 0 unspecified atom stereocenters. The van der Waals surface area contributed by atoms with Crippen LogP contribution in [-0.4, -0.2) is 37.1 Å². The van der Waals surface area contributed by atoms with Crippen molar-refractivity contribution in [3.63, 3.8) is 0 Å². The van der Waals surface area contributed by atoms with Crippen LogP contribution in [0.25, 0.3) is 21.9 Å². The van der Waals surface area contributed by atoms with Gasteiger partial charge in [0.15, 0.2) is 11.2 Å². The normalized spacial score (nSPS) is 17.5. The average Bonchev–Trinajstić information content (AvgIpc) is 3.11. The van der Waals surface area contributed by atoms with Crippen LogP contribution in [0.3, 0.4) is 0 Å². The lowest BCUT2D eigenvalue weighted by molar-refractivity contribution is 0.171. The second kappa shape index (κ2) is 7.81. The molecule has 0 aliphatic carbocycles. The summed E-state index contributed by atoms with van der Waals surface area (Å²) in [6.45, 7) is 5.51. The molecule has 7 heteroatoms. The van der Waals surface area contributed by atoms with Gasteiger partial charge in [-0.3, -0.25) is 19.2 Å². The Morgan fingerprint density at radius 2 is 1.90 bits per heavy atom. The van der Waals surface area contributed by atoms with Crippen LogP contribution >= 0.6 is 0 Å². The zero-order valence-electron chi connectivity index (χ0n) is 18.0. The molecule has 0 radical (unpaired) electrons. The number of fused-ring (bicyclic) bond motifs is 2. The molecule has 31 heavy (non-hydrogen) atoms. The van der Waals surface area contributed by atoms with Gasteiger partial charge in [-0.1, -0.05) is 49.4 Å². The lowest BCUT2D eigenvalue weighted by Crippen LogP contribution is -2.34. The van der Waals surface area contributed by atoms with E-state index in [0.29, 0.717) is 30.2 Å². The molecule has 4 aromatic rings. The van der Waals surface area contributed by atoms with Crippen LogP contribution in [0, 0.1) is 5.92 Å². The summed E-state index contributed by atoms with van der Waals surface area (Å²) in [5.74, 6) is 1.47. The van der Waals surface area contributed by atoms with E-state index < -0.39 is 5.69 Å². The Bertz CT molecular complexity index is 1380. The Morgan fingerprint density at radius 3 is 2.74 bits per heavy atom. The average molecular weight is 418 g/mol. The van der Waals surface area contributed by atoms with E-state index >= 15 is 0 Å². The summed E-state index contributed by atoms with van der Waals surface area (Å²) < 4.78 is 3.42. The summed E-state index contributed by atoms with van der Waals surface area (Å²) in [6, 6.07) is 14.5. The van der Waals surface area contributed by atoms with Crippen LogP contribution in [-0.2, 0) is 20.1 Å². The Hall–Kier alpha value is -3.19. The van der Waals surface area contributed by atoms with E-state index in [1.165, 1.54) is 17.4 Å². The Kier molecular flexibility index (Phi) is 4.98. The van der Waals surface area contributed by atoms with Gasteiger partial charge < -0.3 is 4.57 Å². The van der Waals surface area contributed by atoms with E-state index in [0.717, 1.165) is 35.2 Å². The number of aromatic nitrogens is 4. The van der Waals surface area contributed by atoms with Crippen molar-refractivity contribution < 1.29 is 0 Å². The Morgan fingerprint density at radius 1 is 1.10 bits per heavy atom. The molecule has 1 aliphatic heterocycles. The molecular weight excluding hydrogens is 390 g/mol. The number of hydrogen-bond donors (Lipinski definition) is 1. The highest BCUT2D eigenvalue weighted by Crippen LogP contribution is 2.23. The number of nitrogens with one attached hydrogen (secondary N) is 1. The van der Waals surface area contributed by atoms with Crippen molar-refractivity contribution in [3.8, 4) is 0 Å². The molecule has 1 saturated heterocycles. The highest BCUT2D eigenvalue weighted by Gasteiger charge is 2.22. The lowest BCUT2D eigenvalue weighted by atomic mass is 10.0. The van der Waals surface area contributed by atoms with Gasteiger partial charge in [-0.25, -0.2) is 9.78 Å². The minimum absolute atomic E-state index is 0.385. The SMILES string of the molecule is C[C@H]1CCCN(Cc2nc3c(c(=O)[nH]c(=O)n3C)n2Cc2cccc3ccccc23)C1. The first-order chi connectivity index (χ1) is 15.0. The number of hydrogen-bond acceptors (Lipinski definition) is 4. The Labute approximate surface area is 180 Å². The van der Waals surface area contributed by atoms with Crippen molar-refractivity contribution in [1.29, 1.82) is 0 Å². The first-order valence-electron chi connectivity index (χ1n) is 10.9. The largest absolute Gasteiger partial charge is 0.329 e. The summed E-state index contributed by atoms with van der Waals surface area (Å²) in [5.41, 5.74) is 1.19.